The molecule has 0 aliphatic heterocycles. The topological polar surface area (TPSA) is 55.2 Å². The van der Waals surface area contributed by atoms with Crippen molar-refractivity contribution in [3.05, 3.63) is 0 Å². The van der Waals surface area contributed by atoms with E-state index in [1.54, 1.807) is 0 Å². The van der Waals surface area contributed by atoms with Crippen LogP contribution in [0.4, 0.5) is 0 Å². The number of rotatable bonds is 16. The Bertz CT molecular complexity index is 222. The molecule has 0 aliphatic rings. The van der Waals surface area contributed by atoms with Gasteiger partial charge in [0.05, 0.1) is 5.60 Å². The van der Waals surface area contributed by atoms with Gasteiger partial charge in [0, 0.05) is 0 Å². The van der Waals surface area contributed by atoms with Crippen LogP contribution in [-0.2, 0) is 0 Å². The molecule has 0 fully saturated rings. The summed E-state index contributed by atoms with van der Waals surface area (Å²) in [6.07, 6.45) is 21.0. The second-order valence-electron chi connectivity index (χ2n) is 7.94. The van der Waals surface area contributed by atoms with E-state index in [2.05, 4.69) is 13.8 Å². The van der Waals surface area contributed by atoms with Crippen LogP contribution in [0.3, 0.4) is 0 Å². The van der Waals surface area contributed by atoms with E-state index in [4.69, 9.17) is 0 Å². The molecule has 0 aromatic heterocycles. The van der Waals surface area contributed by atoms with Crippen LogP contribution in [0.2, 0.25) is 0 Å². The van der Waals surface area contributed by atoms with Crippen LogP contribution < -0.4 is 6.15 Å². The molecule has 0 aromatic rings. The number of aliphatic hydroxyl groups is 1. The highest BCUT2D eigenvalue weighted by Crippen LogP contribution is 2.22. The Morgan fingerprint density at radius 1 is 0.652 bits per heavy atom. The first-order valence-corrected chi connectivity index (χ1v) is 10.2. The first-order chi connectivity index (χ1) is 10.5. The molecule has 0 bridgehead atoms. The second kappa shape index (κ2) is 16.8. The third-order valence-electron chi connectivity index (χ3n) is 5.20. The Morgan fingerprint density at radius 2 is 0.957 bits per heavy atom. The zero-order valence-corrected chi connectivity index (χ0v) is 16.8. The lowest BCUT2D eigenvalue weighted by Gasteiger charge is -2.25. The molecule has 0 rings (SSSR count). The molecule has 1 unspecified atom stereocenters. The van der Waals surface area contributed by atoms with Gasteiger partial charge in [-0.2, -0.15) is 0 Å². The third-order valence-corrected chi connectivity index (χ3v) is 5.20. The molecular weight excluding hydrogens is 282 g/mol. The summed E-state index contributed by atoms with van der Waals surface area (Å²) in [5.74, 6) is 0.421. The molecule has 0 amide bonds. The van der Waals surface area contributed by atoms with Gasteiger partial charge >= 0.3 is 0 Å². The summed E-state index contributed by atoms with van der Waals surface area (Å²) in [6, 6.07) is 0. The van der Waals surface area contributed by atoms with Crippen molar-refractivity contribution in [2.75, 3.05) is 0 Å². The summed E-state index contributed by atoms with van der Waals surface area (Å²) in [4.78, 5) is 0. The van der Waals surface area contributed by atoms with Gasteiger partial charge in [-0.25, -0.2) is 0 Å². The Labute approximate surface area is 147 Å². The van der Waals surface area contributed by atoms with E-state index in [1.165, 1.54) is 96.3 Å². The number of unbranched alkanes of at least 4 members (excludes halogenated alkanes) is 13. The lowest BCUT2D eigenvalue weighted by molar-refractivity contribution is 0.0203. The zero-order chi connectivity index (χ0) is 16.7. The van der Waals surface area contributed by atoms with Crippen molar-refractivity contribution >= 4 is 0 Å². The maximum atomic E-state index is 9.89. The molecule has 0 radical (unpaired) electrons. The molecule has 0 heterocycles. The molecular formula is C21H47NO. The Balaban J connectivity index is 0. The summed E-state index contributed by atoms with van der Waals surface area (Å²) in [5.41, 5.74) is -0.503. The molecule has 2 heteroatoms. The van der Waals surface area contributed by atoms with Crippen molar-refractivity contribution in [3.8, 4) is 0 Å². The molecule has 0 saturated heterocycles. The molecule has 4 N–H and O–H groups in total. The minimum absolute atomic E-state index is 0. The normalized spacial score (nSPS) is 12.9. The van der Waals surface area contributed by atoms with Gasteiger partial charge in [-0.15, -0.1) is 0 Å². The largest absolute Gasteiger partial charge is 0.390 e. The van der Waals surface area contributed by atoms with Crippen LogP contribution in [0.1, 0.15) is 124 Å². The summed E-state index contributed by atoms with van der Waals surface area (Å²) >= 11 is 0. The minimum atomic E-state index is -0.503. The minimum Gasteiger partial charge on any atom is -0.390 e. The maximum Gasteiger partial charge on any atom is 0.0617 e. The molecule has 23 heavy (non-hydrogen) atoms. The predicted molar refractivity (Wildman–Crippen MR) is 105 cm³/mol. The average molecular weight is 330 g/mol. The first kappa shape index (κ1) is 25.2. The Kier molecular flexibility index (Phi) is 18.3. The van der Waals surface area contributed by atoms with Gasteiger partial charge in [-0.05, 0) is 26.2 Å². The lowest BCUT2D eigenvalue weighted by Crippen LogP contribution is -2.28. The third kappa shape index (κ3) is 18.1. The molecule has 2 nitrogen and oxygen atoms in total. The summed E-state index contributed by atoms with van der Waals surface area (Å²) in [6.45, 7) is 8.32. The fourth-order valence-corrected chi connectivity index (χ4v) is 3.00. The lowest BCUT2D eigenvalue weighted by atomic mass is 9.88. The molecule has 0 spiro atoms. The highest BCUT2D eigenvalue weighted by Gasteiger charge is 2.21. The summed E-state index contributed by atoms with van der Waals surface area (Å²) in [7, 11) is 0. The monoisotopic (exact) mass is 329 g/mol. The molecule has 142 valence electrons. The first-order valence-electron chi connectivity index (χ1n) is 10.2. The van der Waals surface area contributed by atoms with Gasteiger partial charge in [0.1, 0.15) is 0 Å². The van der Waals surface area contributed by atoms with Crippen LogP contribution in [0.5, 0.6) is 0 Å². The van der Waals surface area contributed by atoms with Crippen LogP contribution >= 0.6 is 0 Å². The summed E-state index contributed by atoms with van der Waals surface area (Å²) < 4.78 is 0. The Hall–Kier alpha value is -0.0800. The van der Waals surface area contributed by atoms with Crippen LogP contribution in [0.15, 0.2) is 0 Å². The molecule has 0 aromatic carbocycles. The van der Waals surface area contributed by atoms with E-state index in [-0.39, 0.29) is 6.15 Å². The van der Waals surface area contributed by atoms with Crippen molar-refractivity contribution < 1.29 is 5.11 Å². The number of hydrogen-bond acceptors (Lipinski definition) is 2. The second-order valence-corrected chi connectivity index (χ2v) is 7.94. The van der Waals surface area contributed by atoms with E-state index >= 15 is 0 Å². The van der Waals surface area contributed by atoms with Crippen LogP contribution in [0, 0.1) is 5.92 Å². The van der Waals surface area contributed by atoms with Gasteiger partial charge in [-0.1, -0.05) is 104 Å². The molecule has 0 saturated carbocycles. The van der Waals surface area contributed by atoms with Gasteiger partial charge in [-0.3, -0.25) is 0 Å². The standard InChI is InChI=1S/C21H44O.H3N/c1-5-6-7-8-9-10-11-12-13-14-15-16-17-18-19-20(2)21(3,4)22;/h20,22H,5-19H2,1-4H3;1H3. The van der Waals surface area contributed by atoms with Crippen molar-refractivity contribution in [3.63, 3.8) is 0 Å². The van der Waals surface area contributed by atoms with Crippen LogP contribution in [-0.4, -0.2) is 10.7 Å². The number of hydrogen-bond donors (Lipinski definition) is 2. The smallest absolute Gasteiger partial charge is 0.0617 e. The highest BCUT2D eigenvalue weighted by molar-refractivity contribution is 4.73. The van der Waals surface area contributed by atoms with Crippen molar-refractivity contribution in [2.45, 2.75) is 130 Å². The summed E-state index contributed by atoms with van der Waals surface area (Å²) in [5, 5.41) is 9.89. The van der Waals surface area contributed by atoms with E-state index in [9.17, 15) is 5.11 Å². The van der Waals surface area contributed by atoms with Gasteiger partial charge in [0.25, 0.3) is 0 Å². The van der Waals surface area contributed by atoms with Gasteiger partial charge < -0.3 is 11.3 Å². The molecule has 1 atom stereocenters. The fraction of sp³-hybridized carbons (Fsp3) is 1.00. The van der Waals surface area contributed by atoms with Crippen molar-refractivity contribution in [1.29, 1.82) is 0 Å². The fourth-order valence-electron chi connectivity index (χ4n) is 3.00. The van der Waals surface area contributed by atoms with E-state index in [0.29, 0.717) is 5.92 Å². The average Bonchev–Trinajstić information content (AvgIpc) is 2.46. The maximum absolute atomic E-state index is 9.89. The Morgan fingerprint density at radius 3 is 1.26 bits per heavy atom. The molecule has 0 aliphatic carbocycles. The predicted octanol–water partition coefficient (Wildman–Crippen LogP) is 7.43. The van der Waals surface area contributed by atoms with E-state index in [1.807, 2.05) is 13.8 Å². The zero-order valence-electron chi connectivity index (χ0n) is 16.8. The van der Waals surface area contributed by atoms with Crippen molar-refractivity contribution in [1.82, 2.24) is 6.15 Å². The van der Waals surface area contributed by atoms with Crippen LogP contribution in [0.25, 0.3) is 0 Å². The van der Waals surface area contributed by atoms with Gasteiger partial charge in [0.2, 0.25) is 0 Å². The van der Waals surface area contributed by atoms with Gasteiger partial charge in [0.15, 0.2) is 0 Å². The quantitative estimate of drug-likeness (QED) is 0.289. The van der Waals surface area contributed by atoms with Crippen molar-refractivity contribution in [2.24, 2.45) is 5.92 Å². The SMILES string of the molecule is CCCCCCCCCCCCCCCCC(C)C(C)(C)O.N. The van der Waals surface area contributed by atoms with E-state index in [0.717, 1.165) is 0 Å². The van der Waals surface area contributed by atoms with E-state index < -0.39 is 5.60 Å². The highest BCUT2D eigenvalue weighted by atomic mass is 16.3.